The van der Waals surface area contributed by atoms with Gasteiger partial charge >= 0.3 is 0 Å². The zero-order valence-corrected chi connectivity index (χ0v) is 17.5. The van der Waals surface area contributed by atoms with Gasteiger partial charge in [-0.1, -0.05) is 17.3 Å². The molecule has 33 heavy (non-hydrogen) atoms. The van der Waals surface area contributed by atoms with Gasteiger partial charge < -0.3 is 15.2 Å². The number of nitrogens with one attached hydrogen (secondary N) is 2. The van der Waals surface area contributed by atoms with Crippen LogP contribution in [-0.2, 0) is 17.8 Å². The van der Waals surface area contributed by atoms with Crippen LogP contribution in [0.3, 0.4) is 0 Å². The van der Waals surface area contributed by atoms with Crippen molar-refractivity contribution in [3.05, 3.63) is 95.9 Å². The zero-order valence-electron chi connectivity index (χ0n) is 17.5. The lowest BCUT2D eigenvalue weighted by Crippen LogP contribution is -2.23. The van der Waals surface area contributed by atoms with Gasteiger partial charge in [-0.05, 0) is 54.1 Å². The maximum Gasteiger partial charge on any atom is 0.255 e. The number of amides is 2. The van der Waals surface area contributed by atoms with Crippen LogP contribution in [0.1, 0.15) is 28.2 Å². The molecule has 0 aliphatic carbocycles. The number of aryl methyl sites for hydroxylation is 1. The normalized spacial score (nSPS) is 10.6. The summed E-state index contributed by atoms with van der Waals surface area (Å²) >= 11 is 0. The number of pyridine rings is 1. The highest BCUT2D eigenvalue weighted by Crippen LogP contribution is 2.17. The lowest BCUT2D eigenvalue weighted by atomic mass is 10.2. The number of rotatable bonds is 8. The van der Waals surface area contributed by atoms with Crippen LogP contribution in [-0.4, -0.2) is 26.9 Å². The minimum Gasteiger partial charge on any atom is -0.352 e. The van der Waals surface area contributed by atoms with E-state index in [4.69, 9.17) is 4.52 Å². The molecule has 9 heteroatoms. The summed E-state index contributed by atoms with van der Waals surface area (Å²) < 4.78 is 18.2. The van der Waals surface area contributed by atoms with E-state index in [0.717, 1.165) is 5.56 Å². The van der Waals surface area contributed by atoms with Crippen molar-refractivity contribution in [1.29, 1.82) is 0 Å². The van der Waals surface area contributed by atoms with Crippen LogP contribution in [0.2, 0.25) is 0 Å². The summed E-state index contributed by atoms with van der Waals surface area (Å²) in [6.07, 6.45) is 3.56. The summed E-state index contributed by atoms with van der Waals surface area (Å²) in [6.45, 7) is 0.308. The topological polar surface area (TPSA) is 110 Å². The van der Waals surface area contributed by atoms with Gasteiger partial charge in [-0.25, -0.2) is 4.39 Å². The smallest absolute Gasteiger partial charge is 0.255 e. The van der Waals surface area contributed by atoms with Gasteiger partial charge in [0.1, 0.15) is 5.82 Å². The molecule has 4 rings (SSSR count). The Labute approximate surface area is 188 Å². The fourth-order valence-electron chi connectivity index (χ4n) is 3.05. The molecule has 2 aromatic carbocycles. The molecule has 2 heterocycles. The van der Waals surface area contributed by atoms with Crippen LogP contribution in [0, 0.1) is 5.82 Å². The lowest BCUT2D eigenvalue weighted by Gasteiger charge is -2.08. The number of benzene rings is 2. The Morgan fingerprint density at radius 2 is 1.79 bits per heavy atom. The number of hydrogen-bond acceptors (Lipinski definition) is 6. The van der Waals surface area contributed by atoms with Crippen LogP contribution in [0.25, 0.3) is 11.4 Å². The molecular formula is C24H20FN5O3. The molecule has 0 radical (unpaired) electrons. The molecule has 8 nitrogen and oxygen atoms in total. The third-order valence-electron chi connectivity index (χ3n) is 4.75. The van der Waals surface area contributed by atoms with Crippen LogP contribution in [0.4, 0.5) is 10.1 Å². The Bertz CT molecular complexity index is 1240. The van der Waals surface area contributed by atoms with E-state index in [1.54, 1.807) is 54.9 Å². The maximum atomic E-state index is 13.0. The molecule has 0 unspecified atom stereocenters. The standard InChI is InChI=1S/C24H20FN5O3/c25-19-6-4-17(5-7-19)23-29-22(33-30-23)9-8-21(31)27-15-16-2-1-3-20(14-16)28-24(32)18-10-12-26-13-11-18/h1-7,10-14H,8-9,15H2,(H,27,31)(H,28,32). The van der Waals surface area contributed by atoms with Crippen LogP contribution in [0.5, 0.6) is 0 Å². The summed E-state index contributed by atoms with van der Waals surface area (Å²) in [5.41, 5.74) is 2.61. The fourth-order valence-corrected chi connectivity index (χ4v) is 3.05. The minimum absolute atomic E-state index is 0.170. The molecule has 0 fully saturated rings. The van der Waals surface area contributed by atoms with E-state index in [2.05, 4.69) is 25.8 Å². The molecule has 0 spiro atoms. The molecule has 166 valence electrons. The zero-order chi connectivity index (χ0) is 23.0. The predicted octanol–water partition coefficient (Wildman–Crippen LogP) is 3.77. The molecular weight excluding hydrogens is 425 g/mol. The first-order valence-electron chi connectivity index (χ1n) is 10.2. The van der Waals surface area contributed by atoms with E-state index in [1.807, 2.05) is 6.07 Å². The number of anilines is 1. The first-order chi connectivity index (χ1) is 16.1. The molecule has 0 aliphatic heterocycles. The molecule has 2 amide bonds. The van der Waals surface area contributed by atoms with Crippen molar-refractivity contribution in [2.75, 3.05) is 5.32 Å². The Balaban J connectivity index is 1.26. The number of halogens is 1. The second kappa shape index (κ2) is 10.3. The van der Waals surface area contributed by atoms with E-state index in [9.17, 15) is 14.0 Å². The highest BCUT2D eigenvalue weighted by molar-refractivity contribution is 6.04. The van der Waals surface area contributed by atoms with Gasteiger partial charge in [-0.3, -0.25) is 14.6 Å². The highest BCUT2D eigenvalue weighted by atomic mass is 19.1. The summed E-state index contributed by atoms with van der Waals surface area (Å²) in [4.78, 5) is 32.6. The number of aromatic nitrogens is 3. The number of nitrogens with zero attached hydrogens (tertiary/aromatic N) is 3. The molecule has 0 bridgehead atoms. The number of carbonyl (C=O) groups is 2. The van der Waals surface area contributed by atoms with Gasteiger partial charge in [0.25, 0.3) is 5.91 Å². The monoisotopic (exact) mass is 445 g/mol. The van der Waals surface area contributed by atoms with Crippen LogP contribution < -0.4 is 10.6 Å². The van der Waals surface area contributed by atoms with E-state index < -0.39 is 0 Å². The van der Waals surface area contributed by atoms with E-state index in [0.29, 0.717) is 35.1 Å². The van der Waals surface area contributed by atoms with Crippen LogP contribution >= 0.6 is 0 Å². The predicted molar refractivity (Wildman–Crippen MR) is 118 cm³/mol. The molecule has 0 aliphatic rings. The summed E-state index contributed by atoms with van der Waals surface area (Å²) in [6, 6.07) is 16.3. The second-order valence-corrected chi connectivity index (χ2v) is 7.19. The van der Waals surface area contributed by atoms with E-state index in [-0.39, 0.29) is 30.5 Å². The molecule has 2 aromatic heterocycles. The van der Waals surface area contributed by atoms with Crippen molar-refractivity contribution >= 4 is 17.5 Å². The molecule has 0 saturated heterocycles. The summed E-state index contributed by atoms with van der Waals surface area (Å²) in [5, 5.41) is 9.52. The van der Waals surface area contributed by atoms with Gasteiger partial charge in [0.2, 0.25) is 17.6 Å². The molecule has 2 N–H and O–H groups in total. The average Bonchev–Trinajstić information content (AvgIpc) is 3.32. The minimum atomic E-state index is -0.346. The Kier molecular flexibility index (Phi) is 6.79. The second-order valence-electron chi connectivity index (χ2n) is 7.19. The Morgan fingerprint density at radius 3 is 2.58 bits per heavy atom. The third kappa shape index (κ3) is 6.07. The lowest BCUT2D eigenvalue weighted by molar-refractivity contribution is -0.121. The van der Waals surface area contributed by atoms with Gasteiger partial charge in [-0.2, -0.15) is 4.98 Å². The maximum absolute atomic E-state index is 13.0. The van der Waals surface area contributed by atoms with Crippen molar-refractivity contribution in [2.24, 2.45) is 0 Å². The largest absolute Gasteiger partial charge is 0.352 e. The van der Waals surface area contributed by atoms with Crippen LogP contribution in [0.15, 0.2) is 77.6 Å². The number of hydrogen-bond donors (Lipinski definition) is 2. The van der Waals surface area contributed by atoms with Gasteiger partial charge in [0.15, 0.2) is 0 Å². The third-order valence-corrected chi connectivity index (χ3v) is 4.75. The van der Waals surface area contributed by atoms with Gasteiger partial charge in [-0.15, -0.1) is 0 Å². The SMILES string of the molecule is O=C(CCc1nc(-c2ccc(F)cc2)no1)NCc1cccc(NC(=O)c2ccncc2)c1. The molecule has 0 atom stereocenters. The quantitative estimate of drug-likeness (QED) is 0.427. The summed E-state index contributed by atoms with van der Waals surface area (Å²) in [7, 11) is 0. The van der Waals surface area contributed by atoms with Crippen molar-refractivity contribution in [3.63, 3.8) is 0 Å². The van der Waals surface area contributed by atoms with E-state index >= 15 is 0 Å². The van der Waals surface area contributed by atoms with Crippen molar-refractivity contribution in [1.82, 2.24) is 20.4 Å². The first-order valence-corrected chi connectivity index (χ1v) is 10.2. The number of carbonyl (C=O) groups excluding carboxylic acids is 2. The Hall–Kier alpha value is -4.40. The van der Waals surface area contributed by atoms with Crippen molar-refractivity contribution in [2.45, 2.75) is 19.4 Å². The Morgan fingerprint density at radius 1 is 1.00 bits per heavy atom. The average molecular weight is 445 g/mol. The molecule has 4 aromatic rings. The van der Waals surface area contributed by atoms with Crippen molar-refractivity contribution in [3.8, 4) is 11.4 Å². The summed E-state index contributed by atoms with van der Waals surface area (Å²) in [5.74, 6) is -0.0944. The first kappa shape index (κ1) is 21.8. The van der Waals surface area contributed by atoms with Gasteiger partial charge in [0.05, 0.1) is 0 Å². The van der Waals surface area contributed by atoms with Gasteiger partial charge in [0, 0.05) is 48.6 Å². The molecule has 0 saturated carbocycles. The highest BCUT2D eigenvalue weighted by Gasteiger charge is 2.11. The van der Waals surface area contributed by atoms with E-state index in [1.165, 1.54) is 12.1 Å². The fraction of sp³-hybridized carbons (Fsp3) is 0.125. The van der Waals surface area contributed by atoms with Crippen molar-refractivity contribution < 1.29 is 18.5 Å².